The lowest BCUT2D eigenvalue weighted by atomic mass is 9.80. The first-order valence-electron chi connectivity index (χ1n) is 23.6. The average Bonchev–Trinajstić information content (AvgIpc) is 3.35. The molecule has 0 amide bonds. The average molecular weight is 881 g/mol. The van der Waals surface area contributed by atoms with Crippen molar-refractivity contribution in [3.8, 4) is 0 Å². The standard InChI is InChI=1S/C55H68N4O6/c1-6-54(3,64-52(61)40-28-32-48(60)33-29-40)50-36-43(39-57-59(46-24-16-10-17-25-46)47-26-18-11-19-27-47)51(55(4,7-2)65-53(62)41-30-34-49(63-5)35-31-41)37-42(50)38-56-58(44-20-12-8-13-21-44)45-22-14-9-15-23-45/h8-27,36-37,40-41,48-49,56-57,60H,6-7,28-35,38-39H2,1-5H3/t40?,41?,48?,49?,54?,55-/m1/s1. The number of aliphatic hydroxyl groups is 1. The van der Waals surface area contributed by atoms with Gasteiger partial charge in [0.1, 0.15) is 11.2 Å². The predicted molar refractivity (Wildman–Crippen MR) is 258 cm³/mol. The molecule has 3 N–H and O–H groups in total. The lowest BCUT2D eigenvalue weighted by Gasteiger charge is -2.38. The van der Waals surface area contributed by atoms with Crippen LogP contribution in [-0.4, -0.2) is 36.4 Å². The van der Waals surface area contributed by atoms with E-state index in [1.807, 2.05) is 86.6 Å². The highest BCUT2D eigenvalue weighted by Gasteiger charge is 2.40. The summed E-state index contributed by atoms with van der Waals surface area (Å²) in [4.78, 5) is 28.5. The first-order chi connectivity index (χ1) is 31.5. The molecule has 0 aromatic heterocycles. The largest absolute Gasteiger partial charge is 0.454 e. The highest BCUT2D eigenvalue weighted by Crippen LogP contribution is 2.42. The number of benzene rings is 5. The van der Waals surface area contributed by atoms with Gasteiger partial charge in [-0.05, 0) is 150 Å². The Morgan fingerprint density at radius 1 is 0.554 bits per heavy atom. The molecule has 65 heavy (non-hydrogen) atoms. The van der Waals surface area contributed by atoms with Crippen molar-refractivity contribution in [1.29, 1.82) is 0 Å². The lowest BCUT2D eigenvalue weighted by Crippen LogP contribution is -2.39. The van der Waals surface area contributed by atoms with Gasteiger partial charge in [-0.2, -0.15) is 0 Å². The zero-order chi connectivity index (χ0) is 45.8. The molecule has 0 spiro atoms. The number of hydrogen-bond donors (Lipinski definition) is 3. The second kappa shape index (κ2) is 22.1. The number of ether oxygens (including phenoxy) is 3. The topological polar surface area (TPSA) is 113 Å². The predicted octanol–water partition coefficient (Wildman–Crippen LogP) is 11.5. The summed E-state index contributed by atoms with van der Waals surface area (Å²) >= 11 is 0. The Morgan fingerprint density at radius 3 is 1.18 bits per heavy atom. The summed E-state index contributed by atoms with van der Waals surface area (Å²) in [6.45, 7) is 8.90. The third-order valence-corrected chi connectivity index (χ3v) is 13.8. The maximum Gasteiger partial charge on any atom is 0.309 e. The van der Waals surface area contributed by atoms with Gasteiger partial charge in [-0.15, -0.1) is 0 Å². The molecule has 2 aliphatic rings. The van der Waals surface area contributed by atoms with Crippen molar-refractivity contribution in [2.45, 2.75) is 128 Å². The summed E-state index contributed by atoms with van der Waals surface area (Å²) in [7, 11) is 1.74. The van der Waals surface area contributed by atoms with Crippen LogP contribution in [0.2, 0.25) is 0 Å². The SMILES string of the molecule is CCC(C)(OC(=O)C1CCC(O)CC1)c1cc(CNN(c2ccccc2)c2ccccc2)c([C@@](C)(CC)OC(=O)C2CCC(OC)CC2)cc1CNN(c1ccccc1)c1ccccc1. The van der Waals surface area contributed by atoms with E-state index in [4.69, 9.17) is 14.2 Å². The molecule has 10 heteroatoms. The van der Waals surface area contributed by atoms with E-state index in [1.165, 1.54) is 0 Å². The highest BCUT2D eigenvalue weighted by molar-refractivity contribution is 5.74. The van der Waals surface area contributed by atoms with Gasteiger partial charge in [-0.3, -0.25) is 19.6 Å². The normalized spacial score (nSPS) is 20.5. The Labute approximate surface area is 386 Å². The summed E-state index contributed by atoms with van der Waals surface area (Å²) in [6.07, 6.45) is 6.24. The maximum absolute atomic E-state index is 14.3. The number of carbonyl (C=O) groups excluding carboxylic acids is 2. The Bertz CT molecular complexity index is 2190. The smallest absolute Gasteiger partial charge is 0.309 e. The van der Waals surface area contributed by atoms with Gasteiger partial charge in [0.25, 0.3) is 0 Å². The van der Waals surface area contributed by atoms with Crippen molar-refractivity contribution in [1.82, 2.24) is 10.9 Å². The summed E-state index contributed by atoms with van der Waals surface area (Å²) in [5, 5.41) is 14.4. The summed E-state index contributed by atoms with van der Waals surface area (Å²) < 4.78 is 19.1. The Hall–Kier alpha value is -5.52. The van der Waals surface area contributed by atoms with Crippen LogP contribution in [0, 0.1) is 11.8 Å². The van der Waals surface area contributed by atoms with Crippen LogP contribution in [0.5, 0.6) is 0 Å². The fraction of sp³-hybridized carbons (Fsp3) is 0.418. The quantitative estimate of drug-likeness (QED) is 0.0547. The Morgan fingerprint density at radius 2 is 0.877 bits per heavy atom. The van der Waals surface area contributed by atoms with Crippen LogP contribution in [0.4, 0.5) is 22.7 Å². The highest BCUT2D eigenvalue weighted by atomic mass is 16.6. The van der Waals surface area contributed by atoms with Gasteiger partial charge in [-0.25, -0.2) is 10.9 Å². The molecule has 2 atom stereocenters. The summed E-state index contributed by atoms with van der Waals surface area (Å²) in [5.74, 6) is -0.931. The lowest BCUT2D eigenvalue weighted by molar-refractivity contribution is -0.168. The number of aliphatic hydroxyl groups excluding tert-OH is 1. The van der Waals surface area contributed by atoms with Crippen molar-refractivity contribution < 1.29 is 28.9 Å². The minimum atomic E-state index is -1.03. The molecule has 1 unspecified atom stereocenters. The number of hydrazine groups is 2. The molecule has 344 valence electrons. The number of para-hydroxylation sites is 4. The second-order valence-corrected chi connectivity index (χ2v) is 18.1. The molecule has 5 aromatic rings. The number of nitrogens with zero attached hydrogens (tertiary/aromatic N) is 2. The van der Waals surface area contributed by atoms with E-state index < -0.39 is 11.2 Å². The molecule has 5 aromatic carbocycles. The number of rotatable bonds is 19. The van der Waals surface area contributed by atoms with Crippen LogP contribution >= 0.6 is 0 Å². The fourth-order valence-electron chi connectivity index (χ4n) is 9.36. The summed E-state index contributed by atoms with van der Waals surface area (Å²) in [5.41, 5.74) is 12.9. The van der Waals surface area contributed by atoms with E-state index >= 15 is 0 Å². The number of hydrogen-bond acceptors (Lipinski definition) is 10. The van der Waals surface area contributed by atoms with Crippen LogP contribution < -0.4 is 20.9 Å². The molecule has 0 aliphatic heterocycles. The van der Waals surface area contributed by atoms with E-state index in [2.05, 4.69) is 95.4 Å². The number of methoxy groups -OCH3 is 1. The molecule has 2 saturated carbocycles. The molecule has 2 aliphatic carbocycles. The number of carbonyl (C=O) groups is 2. The fourth-order valence-corrected chi connectivity index (χ4v) is 9.36. The van der Waals surface area contributed by atoms with Crippen LogP contribution in [0.1, 0.15) is 114 Å². The van der Waals surface area contributed by atoms with E-state index in [1.54, 1.807) is 7.11 Å². The molecule has 0 heterocycles. The third kappa shape index (κ3) is 11.7. The minimum Gasteiger partial charge on any atom is -0.454 e. The molecular formula is C55H68N4O6. The zero-order valence-corrected chi connectivity index (χ0v) is 38.9. The molecule has 0 radical (unpaired) electrons. The van der Waals surface area contributed by atoms with Crippen molar-refractivity contribution in [3.63, 3.8) is 0 Å². The Balaban J connectivity index is 1.35. The van der Waals surface area contributed by atoms with E-state index in [-0.39, 0.29) is 36.0 Å². The van der Waals surface area contributed by atoms with Gasteiger partial charge in [0.05, 0.1) is 46.8 Å². The minimum absolute atomic E-state index is 0.159. The van der Waals surface area contributed by atoms with Gasteiger partial charge in [0.15, 0.2) is 0 Å². The molecule has 0 bridgehead atoms. The van der Waals surface area contributed by atoms with Gasteiger partial charge < -0.3 is 19.3 Å². The zero-order valence-electron chi connectivity index (χ0n) is 38.9. The first-order valence-corrected chi connectivity index (χ1v) is 23.6. The van der Waals surface area contributed by atoms with Crippen molar-refractivity contribution in [2.75, 3.05) is 17.1 Å². The van der Waals surface area contributed by atoms with Crippen LogP contribution in [0.25, 0.3) is 0 Å². The van der Waals surface area contributed by atoms with Crippen LogP contribution in [0.3, 0.4) is 0 Å². The van der Waals surface area contributed by atoms with Gasteiger partial charge in [0, 0.05) is 31.3 Å². The van der Waals surface area contributed by atoms with Crippen molar-refractivity contribution in [3.05, 3.63) is 156 Å². The third-order valence-electron chi connectivity index (χ3n) is 13.8. The molecule has 10 nitrogen and oxygen atoms in total. The van der Waals surface area contributed by atoms with Crippen LogP contribution in [-0.2, 0) is 48.1 Å². The molecule has 0 saturated heterocycles. The molecule has 2 fully saturated rings. The maximum atomic E-state index is 14.3. The van der Waals surface area contributed by atoms with Crippen molar-refractivity contribution in [2.24, 2.45) is 11.8 Å². The number of nitrogens with one attached hydrogen (secondary N) is 2. The van der Waals surface area contributed by atoms with Crippen molar-refractivity contribution >= 4 is 34.7 Å². The summed E-state index contributed by atoms with van der Waals surface area (Å²) in [6, 6.07) is 45.1. The second-order valence-electron chi connectivity index (χ2n) is 18.1. The first kappa shape index (κ1) is 47.4. The molecule has 7 rings (SSSR count). The van der Waals surface area contributed by atoms with Gasteiger partial charge >= 0.3 is 11.9 Å². The molecular weight excluding hydrogens is 813 g/mol. The van der Waals surface area contributed by atoms with Gasteiger partial charge in [-0.1, -0.05) is 86.6 Å². The van der Waals surface area contributed by atoms with Gasteiger partial charge in [0.2, 0.25) is 0 Å². The van der Waals surface area contributed by atoms with E-state index in [0.29, 0.717) is 51.6 Å². The Kier molecular flexibility index (Phi) is 16.1. The monoisotopic (exact) mass is 881 g/mol. The van der Waals surface area contributed by atoms with Crippen LogP contribution in [0.15, 0.2) is 133 Å². The number of esters is 2. The number of anilines is 4. The van der Waals surface area contributed by atoms with E-state index in [0.717, 1.165) is 70.7 Å². The van der Waals surface area contributed by atoms with E-state index in [9.17, 15) is 14.7 Å².